The Morgan fingerprint density at radius 3 is 2.58 bits per heavy atom. The van der Waals surface area contributed by atoms with E-state index in [0.717, 1.165) is 11.1 Å². The van der Waals surface area contributed by atoms with Crippen LogP contribution in [0.3, 0.4) is 0 Å². The zero-order valence-corrected chi connectivity index (χ0v) is 19.4. The molecule has 1 atom stereocenters. The van der Waals surface area contributed by atoms with Gasteiger partial charge in [0, 0.05) is 18.7 Å². The number of aliphatic hydroxyl groups is 1. The molecule has 164 valence electrons. The number of hydrogen-bond donors (Lipinski definition) is 2. The third-order valence-corrected chi connectivity index (χ3v) is 5.59. The van der Waals surface area contributed by atoms with Gasteiger partial charge in [0.05, 0.1) is 22.2 Å². The summed E-state index contributed by atoms with van der Waals surface area (Å²) in [6.07, 6.45) is -0.593. The van der Waals surface area contributed by atoms with Gasteiger partial charge in [-0.15, -0.1) is 0 Å². The van der Waals surface area contributed by atoms with Crippen LogP contribution in [0.5, 0.6) is 11.5 Å². The predicted molar refractivity (Wildman–Crippen MR) is 124 cm³/mol. The Bertz CT molecular complexity index is 983. The first kappa shape index (κ1) is 23.5. The minimum absolute atomic E-state index is 0.0228. The molecule has 0 aliphatic rings. The summed E-state index contributed by atoms with van der Waals surface area (Å²) in [5, 5.41) is 13.9. The monoisotopic (exact) mass is 507 g/mol. The molecule has 31 heavy (non-hydrogen) atoms. The molecule has 0 saturated heterocycles. The van der Waals surface area contributed by atoms with E-state index >= 15 is 0 Å². The van der Waals surface area contributed by atoms with E-state index in [-0.39, 0.29) is 6.61 Å². The van der Waals surface area contributed by atoms with Gasteiger partial charge < -0.3 is 19.9 Å². The van der Waals surface area contributed by atoms with Crippen LogP contribution in [0.1, 0.15) is 29.7 Å². The van der Waals surface area contributed by atoms with Gasteiger partial charge >= 0.3 is 0 Å². The van der Waals surface area contributed by atoms with Crippen LogP contribution in [0.15, 0.2) is 65.1 Å². The molecule has 0 radical (unpaired) electrons. The maximum atomic E-state index is 14.1. The summed E-state index contributed by atoms with van der Waals surface area (Å²) < 4.78 is 26.4. The van der Waals surface area contributed by atoms with E-state index in [4.69, 9.17) is 21.1 Å². The molecule has 0 fully saturated rings. The minimum Gasteiger partial charge on any atom is -0.490 e. The van der Waals surface area contributed by atoms with Crippen LogP contribution in [0, 0.1) is 5.82 Å². The number of rotatable bonds is 10. The van der Waals surface area contributed by atoms with Crippen molar-refractivity contribution in [1.82, 2.24) is 5.32 Å². The maximum Gasteiger partial charge on any atom is 0.175 e. The predicted octanol–water partition coefficient (Wildman–Crippen LogP) is 6.04. The first-order valence-electron chi connectivity index (χ1n) is 9.94. The van der Waals surface area contributed by atoms with E-state index in [9.17, 15) is 9.50 Å². The van der Waals surface area contributed by atoms with Gasteiger partial charge in [0.15, 0.2) is 11.5 Å². The summed E-state index contributed by atoms with van der Waals surface area (Å²) in [5.41, 5.74) is 2.10. The topological polar surface area (TPSA) is 50.7 Å². The molecule has 3 aromatic rings. The molecule has 0 saturated carbocycles. The second kappa shape index (κ2) is 11.5. The van der Waals surface area contributed by atoms with E-state index in [1.807, 2.05) is 49.4 Å². The van der Waals surface area contributed by atoms with Crippen molar-refractivity contribution in [2.75, 3.05) is 13.2 Å². The molecule has 2 N–H and O–H groups in total. The van der Waals surface area contributed by atoms with Gasteiger partial charge in [-0.2, -0.15) is 0 Å². The Labute approximate surface area is 195 Å². The van der Waals surface area contributed by atoms with E-state index < -0.39 is 11.9 Å². The highest BCUT2D eigenvalue weighted by Crippen LogP contribution is 2.38. The third-order valence-electron chi connectivity index (χ3n) is 4.64. The van der Waals surface area contributed by atoms with Gasteiger partial charge in [0.2, 0.25) is 0 Å². The highest BCUT2D eigenvalue weighted by Gasteiger charge is 2.15. The minimum atomic E-state index is -0.593. The molecular weight excluding hydrogens is 485 g/mol. The van der Waals surface area contributed by atoms with Gasteiger partial charge in [-0.3, -0.25) is 0 Å². The highest BCUT2D eigenvalue weighted by molar-refractivity contribution is 9.10. The Morgan fingerprint density at radius 2 is 1.87 bits per heavy atom. The molecule has 0 amide bonds. The van der Waals surface area contributed by atoms with Crippen molar-refractivity contribution in [3.63, 3.8) is 0 Å². The summed E-state index contributed by atoms with van der Waals surface area (Å²) >= 11 is 9.62. The lowest BCUT2D eigenvalue weighted by Crippen LogP contribution is -2.21. The van der Waals surface area contributed by atoms with Gasteiger partial charge in [-0.05, 0) is 58.2 Å². The first-order valence-corrected chi connectivity index (χ1v) is 11.1. The summed E-state index contributed by atoms with van der Waals surface area (Å²) in [7, 11) is 0. The van der Waals surface area contributed by atoms with Crippen molar-refractivity contribution >= 4 is 27.5 Å². The smallest absolute Gasteiger partial charge is 0.175 e. The summed E-state index contributed by atoms with van der Waals surface area (Å²) in [6.45, 7) is 3.25. The van der Waals surface area contributed by atoms with Gasteiger partial charge in [-0.25, -0.2) is 4.39 Å². The van der Waals surface area contributed by atoms with Crippen LogP contribution >= 0.6 is 27.5 Å². The molecule has 0 aliphatic carbocycles. The molecule has 0 heterocycles. The van der Waals surface area contributed by atoms with Crippen molar-refractivity contribution in [2.45, 2.75) is 26.2 Å². The molecule has 0 spiro atoms. The van der Waals surface area contributed by atoms with Crippen molar-refractivity contribution in [1.29, 1.82) is 0 Å². The molecule has 4 nitrogen and oxygen atoms in total. The van der Waals surface area contributed by atoms with Crippen LogP contribution in [-0.2, 0) is 13.2 Å². The molecule has 0 unspecified atom stereocenters. The largest absolute Gasteiger partial charge is 0.490 e. The van der Waals surface area contributed by atoms with Crippen LogP contribution < -0.4 is 14.8 Å². The zero-order valence-electron chi connectivity index (χ0n) is 17.1. The Morgan fingerprint density at radius 1 is 1.10 bits per heavy atom. The second-order valence-corrected chi connectivity index (χ2v) is 8.15. The molecule has 0 aromatic heterocycles. The van der Waals surface area contributed by atoms with Crippen molar-refractivity contribution < 1.29 is 19.0 Å². The Hall–Kier alpha value is -2.12. The lowest BCUT2D eigenvalue weighted by molar-refractivity contribution is 0.174. The standard InChI is InChI=1S/C24H24BrClFNO3/c1-2-30-23-12-16(13-28-14-22(29)17-7-4-3-5-8-17)11-19(25)24(23)31-15-18-20(26)9-6-10-21(18)27/h3-12,22,28-29H,2,13-15H2,1H3/t22-/m0/s1. The Kier molecular flexibility index (Phi) is 8.72. The molecule has 3 rings (SSSR count). The summed E-state index contributed by atoms with van der Waals surface area (Å²) in [5.74, 6) is 0.610. The number of halogens is 3. The van der Waals surface area contributed by atoms with Crippen LogP contribution in [0.2, 0.25) is 5.02 Å². The normalized spacial score (nSPS) is 11.9. The number of benzene rings is 3. The molecular formula is C24H24BrClFNO3. The van der Waals surface area contributed by atoms with E-state index in [1.165, 1.54) is 6.07 Å². The number of nitrogens with one attached hydrogen (secondary N) is 1. The number of ether oxygens (including phenoxy) is 2. The van der Waals surface area contributed by atoms with Crippen LogP contribution in [0.4, 0.5) is 4.39 Å². The zero-order chi connectivity index (χ0) is 22.2. The quantitative estimate of drug-likeness (QED) is 0.350. The molecule has 0 aliphatic heterocycles. The fourth-order valence-corrected chi connectivity index (χ4v) is 3.91. The van der Waals surface area contributed by atoms with Crippen LogP contribution in [-0.4, -0.2) is 18.3 Å². The van der Waals surface area contributed by atoms with Crippen molar-refractivity contribution in [3.8, 4) is 11.5 Å². The third kappa shape index (κ3) is 6.43. The highest BCUT2D eigenvalue weighted by atomic mass is 79.9. The lowest BCUT2D eigenvalue weighted by Gasteiger charge is -2.17. The SMILES string of the molecule is CCOc1cc(CNC[C@H](O)c2ccccc2)cc(Br)c1OCc1c(F)cccc1Cl. The second-order valence-electron chi connectivity index (χ2n) is 6.88. The van der Waals surface area contributed by atoms with E-state index in [2.05, 4.69) is 21.2 Å². The van der Waals surface area contributed by atoms with Crippen LogP contribution in [0.25, 0.3) is 0 Å². The summed E-state index contributed by atoms with van der Waals surface area (Å²) in [6, 6.07) is 17.8. The molecule has 7 heteroatoms. The molecule has 3 aromatic carbocycles. The van der Waals surface area contributed by atoms with Gasteiger partial charge in [0.1, 0.15) is 12.4 Å². The van der Waals surface area contributed by atoms with Crippen molar-refractivity contribution in [2.24, 2.45) is 0 Å². The lowest BCUT2D eigenvalue weighted by atomic mass is 10.1. The van der Waals surface area contributed by atoms with E-state index in [1.54, 1.807) is 12.1 Å². The Balaban J connectivity index is 1.68. The van der Waals surface area contributed by atoms with Crippen molar-refractivity contribution in [3.05, 3.63) is 92.7 Å². The average Bonchev–Trinajstić information content (AvgIpc) is 2.75. The first-order chi connectivity index (χ1) is 15.0. The van der Waals surface area contributed by atoms with Gasteiger partial charge in [-0.1, -0.05) is 48.0 Å². The van der Waals surface area contributed by atoms with E-state index in [0.29, 0.717) is 46.3 Å². The molecule has 0 bridgehead atoms. The average molecular weight is 509 g/mol. The fraction of sp³-hybridized carbons (Fsp3) is 0.250. The fourth-order valence-electron chi connectivity index (χ4n) is 3.09. The van der Waals surface area contributed by atoms with Gasteiger partial charge in [0.25, 0.3) is 0 Å². The summed E-state index contributed by atoms with van der Waals surface area (Å²) in [4.78, 5) is 0. The number of aliphatic hydroxyl groups excluding tert-OH is 1. The maximum absolute atomic E-state index is 14.1. The number of hydrogen-bond acceptors (Lipinski definition) is 4.